The summed E-state index contributed by atoms with van der Waals surface area (Å²) in [7, 11) is 0.815. The van der Waals surface area contributed by atoms with Crippen LogP contribution in [0.15, 0.2) is 23.2 Å². The molecule has 1 spiro atoms. The van der Waals surface area contributed by atoms with Crippen molar-refractivity contribution in [2.45, 2.75) is 83.2 Å². The number of hydrogen-bond donors (Lipinski definition) is 2. The molecule has 0 radical (unpaired) electrons. The molecule has 2 N–H and O–H groups in total. The van der Waals surface area contributed by atoms with Crippen LogP contribution in [0.5, 0.6) is 0 Å². The predicted octanol–water partition coefficient (Wildman–Crippen LogP) is 2.41. The number of carbonyl (C=O) groups excluding carboxylic acids is 2. The number of ether oxygens (including phenoxy) is 2. The lowest BCUT2D eigenvalue weighted by molar-refractivity contribution is -0.134. The molecule has 0 aliphatic carbocycles. The number of carbonyl (C=O) groups is 2. The highest BCUT2D eigenvalue weighted by Crippen LogP contribution is 2.43. The van der Waals surface area contributed by atoms with E-state index in [-0.39, 0.29) is 17.9 Å². The number of hydrogen-bond acceptors (Lipinski definition) is 8. The molecule has 0 aromatic heterocycles. The largest absolute Gasteiger partial charge is 0.494 e. The fourth-order valence-electron chi connectivity index (χ4n) is 5.52. The first-order valence-electron chi connectivity index (χ1n) is 13.5. The highest BCUT2D eigenvalue weighted by Gasteiger charge is 2.53. The third-order valence-electron chi connectivity index (χ3n) is 8.59. The van der Waals surface area contributed by atoms with E-state index in [0.29, 0.717) is 19.8 Å². The Morgan fingerprint density at radius 2 is 1.87 bits per heavy atom. The molecule has 206 valence electrons. The second-order valence-electron chi connectivity index (χ2n) is 12.1. The highest BCUT2D eigenvalue weighted by molar-refractivity contribution is 6.62. The maximum atomic E-state index is 13.6. The van der Waals surface area contributed by atoms with Gasteiger partial charge >= 0.3 is 13.2 Å². The van der Waals surface area contributed by atoms with Gasteiger partial charge in [0.05, 0.1) is 37.6 Å². The smallest absolute Gasteiger partial charge is 0.453 e. The van der Waals surface area contributed by atoms with Crippen molar-refractivity contribution in [2.24, 2.45) is 10.9 Å². The van der Waals surface area contributed by atoms with Crippen LogP contribution in [0.25, 0.3) is 0 Å². The molecular weight excluding hydrogens is 487 g/mol. The van der Waals surface area contributed by atoms with Crippen molar-refractivity contribution in [2.75, 3.05) is 32.2 Å². The fraction of sp³-hybridized carbons (Fsp3) is 0.667. The van der Waals surface area contributed by atoms with Gasteiger partial charge in [-0.1, -0.05) is 26.0 Å². The number of rotatable bonds is 5. The van der Waals surface area contributed by atoms with Crippen LogP contribution in [0.2, 0.25) is 0 Å². The normalized spacial score (nSPS) is 25.4. The Morgan fingerprint density at radius 3 is 2.45 bits per heavy atom. The number of likely N-dealkylation sites (tertiary alicyclic amines) is 1. The van der Waals surface area contributed by atoms with Gasteiger partial charge in [-0.2, -0.15) is 0 Å². The maximum absolute atomic E-state index is 13.6. The fourth-order valence-corrected chi connectivity index (χ4v) is 5.52. The first-order valence-corrected chi connectivity index (χ1v) is 13.5. The summed E-state index contributed by atoms with van der Waals surface area (Å²) in [6, 6.07) is 5.28. The van der Waals surface area contributed by atoms with E-state index >= 15 is 0 Å². The molecule has 1 aromatic carbocycles. The second kappa shape index (κ2) is 9.53. The third-order valence-corrected chi connectivity index (χ3v) is 8.59. The predicted molar refractivity (Wildman–Crippen MR) is 145 cm³/mol. The van der Waals surface area contributed by atoms with E-state index < -0.39 is 36.0 Å². The maximum Gasteiger partial charge on any atom is 0.494 e. The van der Waals surface area contributed by atoms with Gasteiger partial charge in [0.1, 0.15) is 17.4 Å². The van der Waals surface area contributed by atoms with E-state index in [1.54, 1.807) is 0 Å². The number of nitrogens with one attached hydrogen (secondary N) is 2. The first kappa shape index (κ1) is 27.0. The summed E-state index contributed by atoms with van der Waals surface area (Å²) >= 11 is 0. The lowest BCUT2D eigenvalue weighted by Crippen LogP contribution is -2.56. The molecule has 0 bridgehead atoms. The molecule has 5 rings (SSSR count). The van der Waals surface area contributed by atoms with Gasteiger partial charge in [-0.3, -0.25) is 9.79 Å². The molecule has 11 heteroatoms. The number of benzene rings is 1. The van der Waals surface area contributed by atoms with Gasteiger partial charge in [0, 0.05) is 17.8 Å². The van der Waals surface area contributed by atoms with Gasteiger partial charge < -0.3 is 34.3 Å². The van der Waals surface area contributed by atoms with E-state index in [4.69, 9.17) is 23.8 Å². The van der Waals surface area contributed by atoms with Gasteiger partial charge in [-0.25, -0.2) is 4.79 Å². The van der Waals surface area contributed by atoms with Crippen LogP contribution in [-0.2, 0) is 29.1 Å². The molecule has 2 amide bonds. The van der Waals surface area contributed by atoms with E-state index in [0.717, 1.165) is 35.4 Å². The molecule has 38 heavy (non-hydrogen) atoms. The standard InChI is InChI=1S/C27H39BN4O6/c1-16(2)21(30-24(34)35-7)23(33)32-12-8-9-20(32)22-29-19-13-17(28-37-25(3,4)26(5,6)38-28)10-11-18(19)27(31-22)14-36-15-27/h10-11,13,16,20-21H,8-9,12,14-15H2,1-7H3,(H,29,31)(H,30,34)/t20-,21-/m0/s1. The van der Waals surface area contributed by atoms with E-state index in [1.165, 1.54) is 7.11 Å². The molecule has 2 atom stereocenters. The minimum atomic E-state index is -0.685. The van der Waals surface area contributed by atoms with Gasteiger partial charge in [0.25, 0.3) is 0 Å². The summed E-state index contributed by atoms with van der Waals surface area (Å²) in [5.74, 6) is 0.519. The first-order chi connectivity index (χ1) is 17.9. The second-order valence-corrected chi connectivity index (χ2v) is 12.1. The van der Waals surface area contributed by atoms with E-state index in [9.17, 15) is 9.59 Å². The average molecular weight is 526 g/mol. The van der Waals surface area contributed by atoms with Crippen LogP contribution in [0, 0.1) is 5.92 Å². The van der Waals surface area contributed by atoms with Crippen LogP contribution in [-0.4, -0.2) is 80.0 Å². The number of methoxy groups -OCH3 is 1. The molecule has 0 saturated carbocycles. The van der Waals surface area contributed by atoms with E-state index in [2.05, 4.69) is 22.8 Å². The van der Waals surface area contributed by atoms with Gasteiger partial charge in [-0.05, 0) is 58.0 Å². The van der Waals surface area contributed by atoms with Crippen molar-refractivity contribution in [3.8, 4) is 0 Å². The Hall–Kier alpha value is -2.63. The summed E-state index contributed by atoms with van der Waals surface area (Å²) in [5, 5.41) is 6.26. The molecule has 3 saturated heterocycles. The Bertz CT molecular complexity index is 1130. The lowest BCUT2D eigenvalue weighted by atomic mass is 9.76. The number of amidine groups is 1. The van der Waals surface area contributed by atoms with Crippen LogP contribution >= 0.6 is 0 Å². The van der Waals surface area contributed by atoms with Crippen LogP contribution in [0.4, 0.5) is 10.5 Å². The molecule has 4 aliphatic rings. The molecule has 3 fully saturated rings. The number of aliphatic imine (C=N–C) groups is 1. The molecular formula is C27H39BN4O6. The minimum absolute atomic E-state index is 0.0984. The highest BCUT2D eigenvalue weighted by atomic mass is 16.7. The van der Waals surface area contributed by atoms with Crippen molar-refractivity contribution in [3.05, 3.63) is 23.8 Å². The van der Waals surface area contributed by atoms with Crippen LogP contribution in [0.1, 0.15) is 59.9 Å². The van der Waals surface area contributed by atoms with Gasteiger partial charge in [0.2, 0.25) is 5.91 Å². The Kier molecular flexibility index (Phi) is 6.76. The number of amides is 2. The zero-order valence-electron chi connectivity index (χ0n) is 23.4. The number of nitrogens with zero attached hydrogens (tertiary/aromatic N) is 2. The zero-order valence-corrected chi connectivity index (χ0v) is 23.4. The van der Waals surface area contributed by atoms with Crippen molar-refractivity contribution < 1.29 is 28.4 Å². The number of fused-ring (bicyclic) bond motifs is 2. The van der Waals surface area contributed by atoms with Crippen molar-refractivity contribution >= 4 is 36.1 Å². The molecule has 4 heterocycles. The summed E-state index contributed by atoms with van der Waals surface area (Å²) in [5.41, 5.74) is 1.56. The van der Waals surface area contributed by atoms with Gasteiger partial charge in [0.15, 0.2) is 0 Å². The van der Waals surface area contributed by atoms with Crippen molar-refractivity contribution in [3.63, 3.8) is 0 Å². The minimum Gasteiger partial charge on any atom is -0.453 e. The lowest BCUT2D eigenvalue weighted by Gasteiger charge is -2.44. The quantitative estimate of drug-likeness (QED) is 0.567. The average Bonchev–Trinajstić information content (AvgIpc) is 3.41. The zero-order chi connectivity index (χ0) is 27.5. The summed E-state index contributed by atoms with van der Waals surface area (Å²) in [6.07, 6.45) is 1.02. The third kappa shape index (κ3) is 4.48. The van der Waals surface area contributed by atoms with Crippen LogP contribution in [0.3, 0.4) is 0 Å². The topological polar surface area (TPSA) is 111 Å². The summed E-state index contributed by atoms with van der Waals surface area (Å²) in [4.78, 5) is 32.6. The molecule has 0 unspecified atom stereocenters. The summed E-state index contributed by atoms with van der Waals surface area (Å²) in [6.45, 7) is 13.6. The molecule has 4 aliphatic heterocycles. The molecule has 10 nitrogen and oxygen atoms in total. The van der Waals surface area contributed by atoms with Crippen molar-refractivity contribution in [1.29, 1.82) is 0 Å². The van der Waals surface area contributed by atoms with Crippen LogP contribution < -0.4 is 16.1 Å². The Balaban J connectivity index is 1.43. The monoisotopic (exact) mass is 526 g/mol. The number of anilines is 1. The number of alkyl carbamates (subject to hydrolysis) is 1. The summed E-state index contributed by atoms with van der Waals surface area (Å²) < 4.78 is 23.0. The Morgan fingerprint density at radius 1 is 1.18 bits per heavy atom. The van der Waals surface area contributed by atoms with Crippen molar-refractivity contribution in [1.82, 2.24) is 10.2 Å². The SMILES string of the molecule is COC(=O)N[C@H](C(=O)N1CCC[C@H]1C1=NC2(COC2)c2ccc(B3OC(C)(C)C(C)(C)O3)cc2N1)C(C)C. The Labute approximate surface area is 224 Å². The van der Waals surface area contributed by atoms with Gasteiger partial charge in [-0.15, -0.1) is 0 Å². The van der Waals surface area contributed by atoms with E-state index in [1.807, 2.05) is 52.5 Å². The molecule has 1 aromatic rings.